The lowest BCUT2D eigenvalue weighted by molar-refractivity contribution is 0.0531. The number of aromatic nitrogens is 7. The Balaban J connectivity index is 1.53. The molecule has 3 heterocycles. The summed E-state index contributed by atoms with van der Waals surface area (Å²) in [5.74, 6) is 0.917. The third-order valence-electron chi connectivity index (χ3n) is 5.15. The number of tetrazole rings is 1. The van der Waals surface area contributed by atoms with Gasteiger partial charge in [-0.25, -0.2) is 19.8 Å². The number of esters is 1. The summed E-state index contributed by atoms with van der Waals surface area (Å²) in [5, 5.41) is 29.6. The number of thiazole rings is 1. The Hall–Kier alpha value is -4.01. The number of aliphatic hydroxyl groups excluding tert-OH is 1. The molecule has 14 heteroatoms. The molecule has 0 spiro atoms. The molecule has 0 fully saturated rings. The second kappa shape index (κ2) is 12.3. The second-order valence-electron chi connectivity index (χ2n) is 7.93. The molecule has 1 unspecified atom stereocenters. The van der Waals surface area contributed by atoms with E-state index < -0.39 is 12.2 Å². The van der Waals surface area contributed by atoms with Crippen molar-refractivity contribution in [3.8, 4) is 11.4 Å². The number of benzene rings is 1. The summed E-state index contributed by atoms with van der Waals surface area (Å²) in [6, 6.07) is 9.50. The van der Waals surface area contributed by atoms with E-state index in [1.54, 1.807) is 26.1 Å². The molecule has 0 aliphatic carbocycles. The Morgan fingerprint density at radius 2 is 2.03 bits per heavy atom. The lowest BCUT2D eigenvalue weighted by Crippen LogP contribution is -2.42. The summed E-state index contributed by atoms with van der Waals surface area (Å²) in [6.45, 7) is 6.23. The first-order chi connectivity index (χ1) is 18.0. The molecule has 0 saturated heterocycles. The predicted octanol–water partition coefficient (Wildman–Crippen LogP) is 2.97. The van der Waals surface area contributed by atoms with E-state index in [0.717, 1.165) is 28.9 Å². The van der Waals surface area contributed by atoms with Gasteiger partial charge in [0, 0.05) is 18.3 Å². The Kier molecular flexibility index (Phi) is 8.66. The van der Waals surface area contributed by atoms with Crippen LogP contribution in [-0.2, 0) is 11.3 Å². The minimum absolute atomic E-state index is 0.261. The maximum atomic E-state index is 12.3. The van der Waals surface area contributed by atoms with Gasteiger partial charge in [0.15, 0.2) is 0 Å². The smallest absolute Gasteiger partial charge is 0.350 e. The van der Waals surface area contributed by atoms with Gasteiger partial charge in [0.1, 0.15) is 16.9 Å². The van der Waals surface area contributed by atoms with Gasteiger partial charge >= 0.3 is 5.97 Å². The molecule has 13 nitrogen and oxygen atoms in total. The van der Waals surface area contributed by atoms with E-state index in [1.165, 1.54) is 5.01 Å². The predicted molar refractivity (Wildman–Crippen MR) is 138 cm³/mol. The quantitative estimate of drug-likeness (QED) is 0.122. The zero-order valence-electron chi connectivity index (χ0n) is 20.7. The van der Waals surface area contributed by atoms with Crippen molar-refractivity contribution >= 4 is 34.2 Å². The van der Waals surface area contributed by atoms with Crippen LogP contribution in [0.15, 0.2) is 36.5 Å². The van der Waals surface area contributed by atoms with Gasteiger partial charge in [0.25, 0.3) is 0 Å². The van der Waals surface area contributed by atoms with E-state index in [9.17, 15) is 9.90 Å². The number of aliphatic hydroxyl groups is 1. The summed E-state index contributed by atoms with van der Waals surface area (Å²) in [4.78, 5) is 26.2. The molecule has 3 aromatic heterocycles. The molecule has 0 aliphatic rings. The fourth-order valence-corrected chi connectivity index (χ4v) is 4.28. The highest BCUT2D eigenvalue weighted by Gasteiger charge is 2.24. The summed E-state index contributed by atoms with van der Waals surface area (Å²) in [5.41, 5.74) is 5.40. The third-order valence-corrected chi connectivity index (χ3v) is 6.27. The Bertz CT molecular complexity index is 1300. The number of carbonyl (C=O) groups excluding carboxylic acids is 1. The number of aromatic amines is 1. The lowest BCUT2D eigenvalue weighted by Gasteiger charge is -2.24. The van der Waals surface area contributed by atoms with Crippen molar-refractivity contribution in [2.75, 3.05) is 16.9 Å². The molecule has 4 N–H and O–H groups in total. The highest BCUT2D eigenvalue weighted by molar-refractivity contribution is 7.17. The first-order valence-corrected chi connectivity index (χ1v) is 12.6. The molecular weight excluding hydrogens is 496 g/mol. The van der Waals surface area contributed by atoms with Gasteiger partial charge in [-0.15, -0.1) is 10.2 Å². The van der Waals surface area contributed by atoms with Crippen LogP contribution >= 0.6 is 11.3 Å². The molecule has 0 amide bonds. The Labute approximate surface area is 217 Å². The highest BCUT2D eigenvalue weighted by atomic mass is 32.1. The first-order valence-electron chi connectivity index (χ1n) is 11.8. The maximum absolute atomic E-state index is 12.3. The van der Waals surface area contributed by atoms with Crippen LogP contribution in [0.4, 0.5) is 16.9 Å². The number of rotatable bonds is 12. The Morgan fingerprint density at radius 3 is 2.73 bits per heavy atom. The largest absolute Gasteiger partial charge is 0.462 e. The van der Waals surface area contributed by atoms with Crippen LogP contribution in [0.1, 0.15) is 47.6 Å². The number of nitrogens with one attached hydrogen (secondary N) is 3. The molecule has 1 atom stereocenters. The number of H-pyrrole nitrogens is 1. The van der Waals surface area contributed by atoms with Gasteiger partial charge in [-0.05, 0) is 37.1 Å². The molecule has 37 heavy (non-hydrogen) atoms. The normalized spacial score (nSPS) is 11.8. The van der Waals surface area contributed by atoms with E-state index in [0.29, 0.717) is 40.3 Å². The van der Waals surface area contributed by atoms with E-state index in [1.807, 2.05) is 31.2 Å². The number of hydrazine groups is 1. The van der Waals surface area contributed by atoms with Gasteiger partial charge in [-0.3, -0.25) is 0 Å². The summed E-state index contributed by atoms with van der Waals surface area (Å²) in [6.07, 6.45) is 2.01. The first kappa shape index (κ1) is 26.1. The van der Waals surface area contributed by atoms with Crippen LogP contribution in [0.3, 0.4) is 0 Å². The van der Waals surface area contributed by atoms with Crippen molar-refractivity contribution in [2.24, 2.45) is 0 Å². The number of aryl methyl sites for hydroxylation is 1. The summed E-state index contributed by atoms with van der Waals surface area (Å²) < 4.78 is 5.14. The van der Waals surface area contributed by atoms with Crippen molar-refractivity contribution in [2.45, 2.75) is 46.4 Å². The van der Waals surface area contributed by atoms with Crippen molar-refractivity contribution < 1.29 is 14.6 Å². The average Bonchev–Trinajstić information content (AvgIpc) is 3.57. The summed E-state index contributed by atoms with van der Waals surface area (Å²) in [7, 11) is 0. The highest BCUT2D eigenvalue weighted by Crippen LogP contribution is 2.30. The molecule has 4 rings (SSSR count). The molecule has 0 saturated carbocycles. The van der Waals surface area contributed by atoms with Crippen LogP contribution in [0.2, 0.25) is 0 Å². The average molecular weight is 525 g/mol. The minimum Gasteiger partial charge on any atom is -0.462 e. The molecule has 194 valence electrons. The zero-order valence-corrected chi connectivity index (χ0v) is 21.5. The van der Waals surface area contributed by atoms with Crippen molar-refractivity contribution in [1.82, 2.24) is 41.0 Å². The van der Waals surface area contributed by atoms with Crippen LogP contribution in [0.25, 0.3) is 11.4 Å². The van der Waals surface area contributed by atoms with Gasteiger partial charge in [0.2, 0.25) is 16.9 Å². The molecule has 0 radical (unpaired) electrons. The number of anilines is 3. The van der Waals surface area contributed by atoms with Gasteiger partial charge in [0.05, 0.1) is 12.3 Å². The third kappa shape index (κ3) is 6.61. The fraction of sp³-hybridized carbons (Fsp3) is 0.348. The fourth-order valence-electron chi connectivity index (χ4n) is 3.35. The molecule has 0 bridgehead atoms. The summed E-state index contributed by atoms with van der Waals surface area (Å²) >= 11 is 1.14. The maximum Gasteiger partial charge on any atom is 0.350 e. The topological polar surface area (TPSA) is 167 Å². The molecule has 1 aromatic carbocycles. The van der Waals surface area contributed by atoms with E-state index in [-0.39, 0.29) is 12.6 Å². The molecule has 4 aromatic rings. The minimum atomic E-state index is -0.863. The monoisotopic (exact) mass is 524 g/mol. The van der Waals surface area contributed by atoms with Crippen LogP contribution in [0, 0.1) is 6.92 Å². The zero-order chi connectivity index (χ0) is 26.2. The van der Waals surface area contributed by atoms with E-state index in [2.05, 4.69) is 46.3 Å². The van der Waals surface area contributed by atoms with Crippen LogP contribution in [-0.4, -0.2) is 59.5 Å². The Morgan fingerprint density at radius 1 is 1.22 bits per heavy atom. The van der Waals surface area contributed by atoms with Gasteiger partial charge in [-0.1, -0.05) is 48.9 Å². The van der Waals surface area contributed by atoms with E-state index >= 15 is 0 Å². The number of hydrogen-bond acceptors (Lipinski definition) is 13. The standard InChI is InChI=1S/C23H28N10O3S/c1-4-6-18(34)30-33(23-26-14(3)19(37-23)21(35)36-5-2)22-24-12-11-17(27-22)25-13-15-7-9-16(10-8-15)20-28-31-32-29-20/h7-12,18,30,34H,4-6,13H2,1-3H3,(H,24,25,27)(H,28,29,31,32). The van der Waals surface area contributed by atoms with Crippen molar-refractivity contribution in [3.63, 3.8) is 0 Å². The number of ether oxygens (including phenoxy) is 1. The van der Waals surface area contributed by atoms with Gasteiger partial charge < -0.3 is 15.2 Å². The number of carbonyl (C=O) groups is 1. The van der Waals surface area contributed by atoms with E-state index in [4.69, 9.17) is 4.74 Å². The van der Waals surface area contributed by atoms with Gasteiger partial charge in [-0.2, -0.15) is 15.6 Å². The SMILES string of the molecule is CCCC(O)NN(c1nccc(NCc2ccc(-c3nn[nH]n3)cc2)n1)c1nc(C)c(C(=O)OCC)s1. The van der Waals surface area contributed by atoms with Crippen LogP contribution in [0.5, 0.6) is 0 Å². The second-order valence-corrected chi connectivity index (χ2v) is 8.91. The van der Waals surface area contributed by atoms with Crippen LogP contribution < -0.4 is 15.8 Å². The number of hydrogen-bond donors (Lipinski definition) is 4. The number of nitrogens with zero attached hydrogens (tertiary/aromatic N) is 7. The lowest BCUT2D eigenvalue weighted by atomic mass is 10.1. The van der Waals surface area contributed by atoms with Crippen molar-refractivity contribution in [1.29, 1.82) is 0 Å². The molecule has 0 aliphatic heterocycles. The molecular formula is C23H28N10O3S. The van der Waals surface area contributed by atoms with Crippen molar-refractivity contribution in [3.05, 3.63) is 52.7 Å².